The zero-order valence-corrected chi connectivity index (χ0v) is 11.1. The predicted octanol–water partition coefficient (Wildman–Crippen LogP) is 0.538. The van der Waals surface area contributed by atoms with Crippen molar-refractivity contribution in [3.8, 4) is 0 Å². The van der Waals surface area contributed by atoms with Crippen molar-refractivity contribution in [2.75, 3.05) is 20.2 Å². The maximum atomic E-state index is 11.6. The third-order valence-electron chi connectivity index (χ3n) is 3.34. The molecule has 17 heavy (non-hydrogen) atoms. The van der Waals surface area contributed by atoms with Gasteiger partial charge >= 0.3 is 5.97 Å². The van der Waals surface area contributed by atoms with Crippen molar-refractivity contribution in [3.63, 3.8) is 0 Å². The molecule has 1 heterocycles. The number of esters is 1. The lowest BCUT2D eigenvalue weighted by Gasteiger charge is -2.33. The van der Waals surface area contributed by atoms with Crippen molar-refractivity contribution < 1.29 is 14.3 Å². The van der Waals surface area contributed by atoms with Crippen LogP contribution in [0.15, 0.2) is 0 Å². The van der Waals surface area contributed by atoms with E-state index in [2.05, 4.69) is 24.1 Å². The third-order valence-corrected chi connectivity index (χ3v) is 3.34. The summed E-state index contributed by atoms with van der Waals surface area (Å²) in [6.07, 6.45) is 2.24. The molecule has 1 fully saturated rings. The summed E-state index contributed by atoms with van der Waals surface area (Å²) < 4.78 is 4.71. The highest BCUT2D eigenvalue weighted by Gasteiger charge is 2.35. The number of rotatable bonds is 4. The van der Waals surface area contributed by atoms with Gasteiger partial charge in [-0.3, -0.25) is 9.69 Å². The number of amides is 1. The van der Waals surface area contributed by atoms with E-state index in [9.17, 15) is 9.59 Å². The number of likely N-dealkylation sites (tertiary alicyclic amines) is 1. The summed E-state index contributed by atoms with van der Waals surface area (Å²) in [6.45, 7) is 7.19. The average molecular weight is 242 g/mol. The molecule has 0 spiro atoms. The number of nitrogens with one attached hydrogen (secondary N) is 1. The molecule has 0 aliphatic carbocycles. The van der Waals surface area contributed by atoms with Crippen LogP contribution in [-0.4, -0.2) is 48.6 Å². The summed E-state index contributed by atoms with van der Waals surface area (Å²) in [4.78, 5) is 24.9. The maximum absolute atomic E-state index is 11.6. The van der Waals surface area contributed by atoms with Crippen LogP contribution in [0.25, 0.3) is 0 Å². The maximum Gasteiger partial charge on any atom is 0.329 e. The first kappa shape index (κ1) is 14.0. The van der Waals surface area contributed by atoms with Crippen LogP contribution in [0, 0.1) is 0 Å². The van der Waals surface area contributed by atoms with Crippen molar-refractivity contribution in [2.24, 2.45) is 0 Å². The highest BCUT2D eigenvalue weighted by atomic mass is 16.5. The number of ether oxygens (including phenoxy) is 1. The molecule has 0 saturated carbocycles. The van der Waals surface area contributed by atoms with E-state index in [1.165, 1.54) is 14.0 Å². The van der Waals surface area contributed by atoms with E-state index in [0.717, 1.165) is 19.4 Å². The van der Waals surface area contributed by atoms with Crippen molar-refractivity contribution in [1.29, 1.82) is 0 Å². The zero-order chi connectivity index (χ0) is 13.1. The van der Waals surface area contributed by atoms with E-state index in [1.807, 2.05) is 0 Å². The Labute approximate surface area is 102 Å². The molecule has 0 bridgehead atoms. The predicted molar refractivity (Wildman–Crippen MR) is 64.5 cm³/mol. The van der Waals surface area contributed by atoms with E-state index in [4.69, 9.17) is 4.74 Å². The van der Waals surface area contributed by atoms with Gasteiger partial charge in [0.15, 0.2) is 0 Å². The van der Waals surface area contributed by atoms with Crippen LogP contribution >= 0.6 is 0 Å². The highest BCUT2D eigenvalue weighted by molar-refractivity contribution is 5.83. The summed E-state index contributed by atoms with van der Waals surface area (Å²) in [5.41, 5.74) is 0.0880. The lowest BCUT2D eigenvalue weighted by Crippen LogP contribution is -2.51. The van der Waals surface area contributed by atoms with Crippen molar-refractivity contribution >= 4 is 11.9 Å². The Morgan fingerprint density at radius 1 is 1.47 bits per heavy atom. The zero-order valence-electron chi connectivity index (χ0n) is 11.1. The van der Waals surface area contributed by atoms with E-state index in [-0.39, 0.29) is 17.4 Å². The molecular weight excluding hydrogens is 220 g/mol. The first-order chi connectivity index (χ1) is 7.86. The molecule has 1 atom stereocenters. The Hall–Kier alpha value is -1.10. The standard InChI is InChI=1S/C12H22N2O3/c1-9(15)13-10(11(16)17-4)8-14-7-5-6-12(14,2)3/h10H,5-8H2,1-4H3,(H,13,15). The SMILES string of the molecule is COC(=O)C(CN1CCCC1(C)C)NC(C)=O. The molecule has 0 aromatic heterocycles. The molecule has 1 unspecified atom stereocenters. The van der Waals surface area contributed by atoms with E-state index in [0.29, 0.717) is 6.54 Å². The van der Waals surface area contributed by atoms with Gasteiger partial charge in [-0.1, -0.05) is 0 Å². The minimum atomic E-state index is -0.574. The lowest BCUT2D eigenvalue weighted by atomic mass is 10.0. The fourth-order valence-corrected chi connectivity index (χ4v) is 2.29. The van der Waals surface area contributed by atoms with Crippen LogP contribution < -0.4 is 5.32 Å². The van der Waals surface area contributed by atoms with Crippen LogP contribution in [-0.2, 0) is 14.3 Å². The van der Waals surface area contributed by atoms with Gasteiger partial charge in [-0.25, -0.2) is 4.79 Å². The summed E-state index contributed by atoms with van der Waals surface area (Å²) in [5, 5.41) is 2.64. The van der Waals surface area contributed by atoms with Gasteiger partial charge in [0, 0.05) is 19.0 Å². The van der Waals surface area contributed by atoms with E-state index >= 15 is 0 Å². The van der Waals surface area contributed by atoms with Gasteiger partial charge in [0.25, 0.3) is 0 Å². The second-order valence-electron chi connectivity index (χ2n) is 5.14. The molecule has 1 saturated heterocycles. The smallest absolute Gasteiger partial charge is 0.329 e. The molecule has 1 N–H and O–H groups in total. The molecule has 0 radical (unpaired) electrons. The fourth-order valence-electron chi connectivity index (χ4n) is 2.29. The Bertz CT molecular complexity index is 302. The monoisotopic (exact) mass is 242 g/mol. The minimum Gasteiger partial charge on any atom is -0.467 e. The summed E-state index contributed by atoms with van der Waals surface area (Å²) in [6, 6.07) is -0.574. The van der Waals surface area contributed by atoms with E-state index in [1.54, 1.807) is 0 Å². The number of nitrogens with zero attached hydrogens (tertiary/aromatic N) is 1. The van der Waals surface area contributed by atoms with Gasteiger partial charge in [-0.15, -0.1) is 0 Å². The lowest BCUT2D eigenvalue weighted by molar-refractivity contribution is -0.145. The second kappa shape index (κ2) is 5.49. The first-order valence-electron chi connectivity index (χ1n) is 5.97. The van der Waals surface area contributed by atoms with Crippen molar-refractivity contribution in [2.45, 2.75) is 45.2 Å². The highest BCUT2D eigenvalue weighted by Crippen LogP contribution is 2.28. The number of hydrogen-bond acceptors (Lipinski definition) is 4. The van der Waals surface area contributed by atoms with Gasteiger partial charge in [-0.05, 0) is 33.2 Å². The number of carbonyl (C=O) groups excluding carboxylic acids is 2. The number of carbonyl (C=O) groups is 2. The number of hydrogen-bond donors (Lipinski definition) is 1. The van der Waals surface area contributed by atoms with Gasteiger partial charge in [0.1, 0.15) is 6.04 Å². The molecule has 0 aromatic carbocycles. The fraction of sp³-hybridized carbons (Fsp3) is 0.833. The molecule has 5 heteroatoms. The first-order valence-corrected chi connectivity index (χ1v) is 5.97. The Balaban J connectivity index is 2.65. The molecule has 5 nitrogen and oxygen atoms in total. The van der Waals surface area contributed by atoms with Gasteiger partial charge in [0.05, 0.1) is 7.11 Å². The summed E-state index contributed by atoms with van der Waals surface area (Å²) in [7, 11) is 1.34. The Morgan fingerprint density at radius 2 is 2.12 bits per heavy atom. The van der Waals surface area contributed by atoms with Crippen LogP contribution in [0.3, 0.4) is 0 Å². The van der Waals surface area contributed by atoms with Crippen molar-refractivity contribution in [3.05, 3.63) is 0 Å². The Morgan fingerprint density at radius 3 is 2.53 bits per heavy atom. The molecule has 0 aromatic rings. The molecular formula is C12H22N2O3. The van der Waals surface area contributed by atoms with Gasteiger partial charge in [-0.2, -0.15) is 0 Å². The molecule has 1 amide bonds. The minimum absolute atomic E-state index is 0.0880. The summed E-state index contributed by atoms with van der Waals surface area (Å²) in [5.74, 6) is -0.597. The third kappa shape index (κ3) is 3.70. The molecule has 98 valence electrons. The quantitative estimate of drug-likeness (QED) is 0.731. The normalized spacial score (nSPS) is 20.9. The van der Waals surface area contributed by atoms with Crippen molar-refractivity contribution in [1.82, 2.24) is 10.2 Å². The molecule has 1 aliphatic heterocycles. The van der Waals surface area contributed by atoms with E-state index < -0.39 is 6.04 Å². The average Bonchev–Trinajstić information content (AvgIpc) is 2.55. The second-order valence-corrected chi connectivity index (χ2v) is 5.14. The molecule has 1 rings (SSSR count). The largest absolute Gasteiger partial charge is 0.467 e. The van der Waals surface area contributed by atoms with Crippen LogP contribution in [0.5, 0.6) is 0 Å². The van der Waals surface area contributed by atoms with Gasteiger partial charge < -0.3 is 10.1 Å². The topological polar surface area (TPSA) is 58.6 Å². The van der Waals surface area contributed by atoms with Crippen LogP contribution in [0.1, 0.15) is 33.6 Å². The Kier molecular flexibility index (Phi) is 4.51. The number of methoxy groups -OCH3 is 1. The van der Waals surface area contributed by atoms with Crippen LogP contribution in [0.4, 0.5) is 0 Å². The van der Waals surface area contributed by atoms with Crippen LogP contribution in [0.2, 0.25) is 0 Å². The summed E-state index contributed by atoms with van der Waals surface area (Å²) >= 11 is 0. The van der Waals surface area contributed by atoms with Gasteiger partial charge in [0.2, 0.25) is 5.91 Å². The molecule has 1 aliphatic rings.